The molecule has 6 atom stereocenters. The predicted molar refractivity (Wildman–Crippen MR) is 340 cm³/mol. The third-order valence-electron chi connectivity index (χ3n) is 15.9. The Balaban J connectivity index is 2.63. The van der Waals surface area contributed by atoms with Crippen molar-refractivity contribution in [1.82, 2.24) is 0 Å². The van der Waals surface area contributed by atoms with Crippen molar-refractivity contribution in [3.8, 4) is 0 Å². The third-order valence-corrected chi connectivity index (χ3v) is 15.9. The Morgan fingerprint density at radius 2 is 0.723 bits per heavy atom. The molecule has 0 aromatic heterocycles. The average Bonchev–Trinajstić information content (AvgIpc) is 3.55. The first kappa shape index (κ1) is 77.7. The molecule has 0 aromatic rings. The maximum Gasteiger partial charge on any atom is 0.335 e. The standard InChI is InChI=1S/C71H126O12/c1-4-7-10-13-16-19-22-25-28-31-32-35-38-41-44-47-50-53-56-59-65(74)82-69-67(76)66(75)68(70(77)78)83-71(69)80-61-62(81-64(73)58-55-52-49-46-43-40-37-34-30-27-24-21-18-15-12-9-6-3)60-79-63(72)57-54-51-48-45-42-39-36-33-29-26-23-20-17-14-11-8-5-2/h16-17,19-20,25-26,28-29,62,66-69,71,75-76H,4-15,18,21-24,27,30-61H2,1-3H3,(H,77,78)/b19-16-,20-17-,28-25-,29-26-. The number of esters is 3. The maximum atomic E-state index is 13.2. The minimum absolute atomic E-state index is 0.0573. The first-order valence-corrected chi connectivity index (χ1v) is 34.6. The quantitative estimate of drug-likeness (QED) is 0.0228. The molecule has 0 spiro atoms. The molecule has 1 saturated heterocycles. The van der Waals surface area contributed by atoms with Gasteiger partial charge in [-0.25, -0.2) is 4.79 Å². The summed E-state index contributed by atoms with van der Waals surface area (Å²) < 4.78 is 28.6. The van der Waals surface area contributed by atoms with E-state index in [1.807, 2.05) is 0 Å². The summed E-state index contributed by atoms with van der Waals surface area (Å²) in [7, 11) is 0. The molecule has 1 heterocycles. The predicted octanol–water partition coefficient (Wildman–Crippen LogP) is 18.9. The van der Waals surface area contributed by atoms with Gasteiger partial charge in [0.25, 0.3) is 0 Å². The first-order chi connectivity index (χ1) is 40.6. The Labute approximate surface area is 507 Å². The SMILES string of the molecule is CCCCC/C=C\C/C=C\CCCCCCCCCCCC(=O)OC1C(OCC(COC(=O)CCCCCCCCC/C=C\C/C=C\CCCCC)OC(=O)CCCCCCCCCCCCCCCCCCC)OC(C(=O)O)C(O)C1O. The molecule has 482 valence electrons. The van der Waals surface area contributed by atoms with Crippen molar-refractivity contribution in [3.63, 3.8) is 0 Å². The van der Waals surface area contributed by atoms with Gasteiger partial charge in [0.05, 0.1) is 6.61 Å². The zero-order chi connectivity index (χ0) is 60.3. The minimum atomic E-state index is -1.90. The van der Waals surface area contributed by atoms with Gasteiger partial charge in [0, 0.05) is 19.3 Å². The monoisotopic (exact) mass is 1170 g/mol. The van der Waals surface area contributed by atoms with Crippen molar-refractivity contribution < 1.29 is 58.2 Å². The second kappa shape index (κ2) is 59.0. The van der Waals surface area contributed by atoms with Crippen molar-refractivity contribution in [3.05, 3.63) is 48.6 Å². The number of carboxylic acids is 1. The summed E-state index contributed by atoms with van der Waals surface area (Å²) in [5.74, 6) is -3.10. The van der Waals surface area contributed by atoms with Gasteiger partial charge < -0.3 is 39.0 Å². The first-order valence-electron chi connectivity index (χ1n) is 34.6. The van der Waals surface area contributed by atoms with Crippen LogP contribution in [-0.2, 0) is 42.9 Å². The molecule has 1 rings (SSSR count). The normalized spacial score (nSPS) is 17.8. The molecule has 83 heavy (non-hydrogen) atoms. The van der Waals surface area contributed by atoms with Crippen LogP contribution in [0.5, 0.6) is 0 Å². The molecular formula is C71H126O12. The summed E-state index contributed by atoms with van der Waals surface area (Å²) in [6.07, 6.45) is 60.6. The number of aliphatic hydroxyl groups excluding tert-OH is 2. The number of aliphatic hydroxyl groups is 2. The largest absolute Gasteiger partial charge is 0.479 e. The number of ether oxygens (including phenoxy) is 5. The Kier molecular flexibility index (Phi) is 55.3. The van der Waals surface area contributed by atoms with Crippen LogP contribution in [0.3, 0.4) is 0 Å². The molecule has 1 aliphatic rings. The van der Waals surface area contributed by atoms with Gasteiger partial charge in [-0.1, -0.05) is 275 Å². The van der Waals surface area contributed by atoms with Crippen molar-refractivity contribution in [1.29, 1.82) is 0 Å². The third kappa shape index (κ3) is 48.5. The van der Waals surface area contributed by atoms with Crippen LogP contribution in [0.4, 0.5) is 0 Å². The summed E-state index contributed by atoms with van der Waals surface area (Å²) >= 11 is 0. The second-order valence-corrected chi connectivity index (χ2v) is 23.8. The Bertz CT molecular complexity index is 1630. The van der Waals surface area contributed by atoms with Crippen LogP contribution in [0, 0.1) is 0 Å². The molecule has 12 heteroatoms. The van der Waals surface area contributed by atoms with E-state index in [2.05, 4.69) is 69.4 Å². The summed E-state index contributed by atoms with van der Waals surface area (Å²) in [4.78, 5) is 51.4. The fourth-order valence-corrected chi connectivity index (χ4v) is 10.5. The Morgan fingerprint density at radius 3 is 1.11 bits per heavy atom. The Hall–Kier alpha value is -3.32. The molecule has 0 aromatic carbocycles. The van der Waals surface area contributed by atoms with Gasteiger partial charge >= 0.3 is 23.9 Å². The van der Waals surface area contributed by atoms with Crippen molar-refractivity contribution in [2.45, 2.75) is 366 Å². The number of unbranched alkanes of at least 4 members (excludes halogenated alkanes) is 38. The molecule has 0 amide bonds. The van der Waals surface area contributed by atoms with E-state index in [4.69, 9.17) is 23.7 Å². The number of carbonyl (C=O) groups is 4. The summed E-state index contributed by atoms with van der Waals surface area (Å²) in [6.45, 7) is 6.00. The average molecular weight is 1170 g/mol. The Morgan fingerprint density at radius 1 is 0.398 bits per heavy atom. The van der Waals surface area contributed by atoms with Gasteiger partial charge in [-0.2, -0.15) is 0 Å². The number of aliphatic carboxylic acids is 1. The number of hydrogen-bond acceptors (Lipinski definition) is 11. The molecule has 0 bridgehead atoms. The fraction of sp³-hybridized carbons (Fsp3) is 0.831. The van der Waals surface area contributed by atoms with Crippen LogP contribution < -0.4 is 0 Å². The smallest absolute Gasteiger partial charge is 0.335 e. The lowest BCUT2D eigenvalue weighted by Gasteiger charge is -2.40. The highest BCUT2D eigenvalue weighted by Gasteiger charge is 2.50. The van der Waals surface area contributed by atoms with E-state index < -0.39 is 67.3 Å². The van der Waals surface area contributed by atoms with E-state index in [1.165, 1.54) is 173 Å². The topological polar surface area (TPSA) is 175 Å². The molecule has 6 unspecified atom stereocenters. The van der Waals surface area contributed by atoms with E-state index in [-0.39, 0.29) is 25.9 Å². The van der Waals surface area contributed by atoms with E-state index in [0.717, 1.165) is 96.3 Å². The van der Waals surface area contributed by atoms with Crippen LogP contribution in [0.25, 0.3) is 0 Å². The molecule has 12 nitrogen and oxygen atoms in total. The highest BCUT2D eigenvalue weighted by atomic mass is 16.7. The van der Waals surface area contributed by atoms with E-state index >= 15 is 0 Å². The summed E-state index contributed by atoms with van der Waals surface area (Å²) in [5, 5.41) is 31.7. The van der Waals surface area contributed by atoms with Gasteiger partial charge in [0.1, 0.15) is 18.8 Å². The number of rotatable bonds is 60. The van der Waals surface area contributed by atoms with Crippen molar-refractivity contribution in [2.75, 3.05) is 13.2 Å². The van der Waals surface area contributed by atoms with Gasteiger partial charge in [-0.3, -0.25) is 14.4 Å². The van der Waals surface area contributed by atoms with Crippen LogP contribution in [0.2, 0.25) is 0 Å². The number of carboxylic acid groups (broad SMARTS) is 1. The van der Waals surface area contributed by atoms with Crippen molar-refractivity contribution >= 4 is 23.9 Å². The molecule has 0 saturated carbocycles. The van der Waals surface area contributed by atoms with E-state index in [9.17, 15) is 34.5 Å². The molecule has 1 aliphatic heterocycles. The molecule has 0 aliphatic carbocycles. The summed E-state index contributed by atoms with van der Waals surface area (Å²) in [6, 6.07) is 0. The fourth-order valence-electron chi connectivity index (χ4n) is 10.5. The summed E-state index contributed by atoms with van der Waals surface area (Å²) in [5.41, 5.74) is 0. The second-order valence-electron chi connectivity index (χ2n) is 23.8. The van der Waals surface area contributed by atoms with Crippen LogP contribution in [0.1, 0.15) is 329 Å². The van der Waals surface area contributed by atoms with Gasteiger partial charge in [0.2, 0.25) is 0 Å². The molecule has 0 radical (unpaired) electrons. The van der Waals surface area contributed by atoms with E-state index in [1.54, 1.807) is 0 Å². The lowest BCUT2D eigenvalue weighted by molar-refractivity contribution is -0.301. The zero-order valence-corrected chi connectivity index (χ0v) is 53.5. The number of hydrogen-bond donors (Lipinski definition) is 3. The minimum Gasteiger partial charge on any atom is -0.479 e. The van der Waals surface area contributed by atoms with E-state index in [0.29, 0.717) is 19.3 Å². The molecule has 1 fully saturated rings. The maximum absolute atomic E-state index is 13.2. The van der Waals surface area contributed by atoms with Crippen LogP contribution in [-0.4, -0.2) is 89.2 Å². The van der Waals surface area contributed by atoms with Crippen molar-refractivity contribution in [2.24, 2.45) is 0 Å². The van der Waals surface area contributed by atoms with Crippen LogP contribution in [0.15, 0.2) is 48.6 Å². The molecular weight excluding hydrogens is 1040 g/mol. The molecule has 3 N–H and O–H groups in total. The lowest BCUT2D eigenvalue weighted by Crippen LogP contribution is -2.61. The van der Waals surface area contributed by atoms with Gasteiger partial charge in [-0.05, 0) is 83.5 Å². The van der Waals surface area contributed by atoms with Gasteiger partial charge in [-0.15, -0.1) is 0 Å². The van der Waals surface area contributed by atoms with Gasteiger partial charge in [0.15, 0.2) is 24.6 Å². The lowest BCUT2D eigenvalue weighted by atomic mass is 9.98. The number of carbonyl (C=O) groups excluding carboxylic acids is 3. The highest BCUT2D eigenvalue weighted by Crippen LogP contribution is 2.27. The highest BCUT2D eigenvalue weighted by molar-refractivity contribution is 5.74. The number of allylic oxidation sites excluding steroid dienone is 8. The van der Waals surface area contributed by atoms with Crippen LogP contribution >= 0.6 is 0 Å². The zero-order valence-electron chi connectivity index (χ0n) is 53.5.